The molecule has 1 aromatic heterocycles. The first-order valence-electron chi connectivity index (χ1n) is 10.6. The van der Waals surface area contributed by atoms with Crippen LogP contribution in [0, 0.1) is 13.8 Å². The number of aryl methyl sites for hydroxylation is 3. The lowest BCUT2D eigenvalue weighted by Gasteiger charge is -2.19. The largest absolute Gasteiger partial charge is 0.278 e. The zero-order valence-electron chi connectivity index (χ0n) is 18.0. The van der Waals surface area contributed by atoms with E-state index in [-0.39, 0.29) is 0 Å². The molecule has 28 heavy (non-hydrogen) atoms. The molecule has 0 aliphatic rings. The number of hydrogen-bond donors (Lipinski definition) is 0. The molecule has 0 amide bonds. The molecule has 0 saturated carbocycles. The van der Waals surface area contributed by atoms with E-state index in [1.165, 1.54) is 48.1 Å². The highest BCUT2D eigenvalue weighted by Crippen LogP contribution is 2.31. The van der Waals surface area contributed by atoms with E-state index in [1.807, 2.05) is 6.07 Å². The smallest absolute Gasteiger partial charge is 0.168 e. The Labute approximate surface area is 169 Å². The molecule has 0 fully saturated rings. The number of aromatic nitrogens is 3. The van der Waals surface area contributed by atoms with Crippen molar-refractivity contribution >= 4 is 0 Å². The van der Waals surface area contributed by atoms with Gasteiger partial charge in [-0.05, 0) is 43.4 Å². The first-order valence-corrected chi connectivity index (χ1v) is 10.6. The van der Waals surface area contributed by atoms with Crippen LogP contribution in [0.2, 0.25) is 0 Å². The minimum atomic E-state index is 0.303. The van der Waals surface area contributed by atoms with Crippen molar-refractivity contribution in [3.63, 3.8) is 0 Å². The maximum absolute atomic E-state index is 4.57. The molecule has 2 aromatic carbocycles. The van der Waals surface area contributed by atoms with Gasteiger partial charge in [-0.25, -0.2) is 0 Å². The van der Waals surface area contributed by atoms with Gasteiger partial charge in [0.15, 0.2) is 5.82 Å². The van der Waals surface area contributed by atoms with Crippen molar-refractivity contribution in [3.05, 3.63) is 65.0 Å². The third kappa shape index (κ3) is 4.35. The van der Waals surface area contributed by atoms with Crippen molar-refractivity contribution in [3.8, 4) is 17.1 Å². The SMILES string of the molecule is CCCCCCc1cc(C)c(-n2c(-c3ccccc3)nnc2C(C)C)c(C)c1. The van der Waals surface area contributed by atoms with E-state index in [2.05, 4.69) is 85.8 Å². The molecule has 0 aliphatic heterocycles. The second kappa shape index (κ2) is 9.18. The zero-order chi connectivity index (χ0) is 20.1. The Kier molecular flexibility index (Phi) is 6.66. The Hall–Kier alpha value is -2.42. The second-order valence-corrected chi connectivity index (χ2v) is 8.13. The summed E-state index contributed by atoms with van der Waals surface area (Å²) in [6, 6.07) is 15.1. The van der Waals surface area contributed by atoms with Gasteiger partial charge < -0.3 is 0 Å². The molecule has 0 radical (unpaired) electrons. The van der Waals surface area contributed by atoms with Crippen molar-refractivity contribution in [1.29, 1.82) is 0 Å². The number of hydrogen-bond acceptors (Lipinski definition) is 2. The summed E-state index contributed by atoms with van der Waals surface area (Å²) >= 11 is 0. The van der Waals surface area contributed by atoms with E-state index < -0.39 is 0 Å². The zero-order valence-corrected chi connectivity index (χ0v) is 18.0. The minimum Gasteiger partial charge on any atom is -0.278 e. The number of unbranched alkanes of at least 4 members (excludes halogenated alkanes) is 3. The molecule has 0 N–H and O–H groups in total. The maximum Gasteiger partial charge on any atom is 0.168 e. The van der Waals surface area contributed by atoms with Crippen LogP contribution in [0.25, 0.3) is 17.1 Å². The average Bonchev–Trinajstić information content (AvgIpc) is 3.10. The number of rotatable bonds is 8. The first kappa shape index (κ1) is 20.3. The Morgan fingerprint density at radius 2 is 1.57 bits per heavy atom. The van der Waals surface area contributed by atoms with Crippen LogP contribution < -0.4 is 0 Å². The van der Waals surface area contributed by atoms with Crippen molar-refractivity contribution in [2.24, 2.45) is 0 Å². The standard InChI is InChI=1S/C25H33N3/c1-6-7-8-10-13-21-16-19(4)23(20(5)17-21)28-24(18(2)3)26-27-25(28)22-14-11-9-12-15-22/h9,11-12,14-18H,6-8,10,13H2,1-5H3. The monoisotopic (exact) mass is 375 g/mol. The van der Waals surface area contributed by atoms with E-state index in [1.54, 1.807) is 0 Å². The fourth-order valence-electron chi connectivity index (χ4n) is 3.96. The van der Waals surface area contributed by atoms with Crippen LogP contribution in [0.15, 0.2) is 42.5 Å². The Morgan fingerprint density at radius 1 is 0.893 bits per heavy atom. The Bertz CT molecular complexity index is 884. The molecule has 0 unspecified atom stereocenters. The van der Waals surface area contributed by atoms with Gasteiger partial charge in [-0.3, -0.25) is 4.57 Å². The van der Waals surface area contributed by atoms with Crippen LogP contribution in [0.1, 0.15) is 74.9 Å². The number of nitrogens with zero attached hydrogens (tertiary/aromatic N) is 3. The lowest BCUT2D eigenvalue weighted by atomic mass is 9.99. The summed E-state index contributed by atoms with van der Waals surface area (Å²) in [5.74, 6) is 2.24. The number of benzene rings is 2. The van der Waals surface area contributed by atoms with Gasteiger partial charge in [-0.15, -0.1) is 10.2 Å². The quantitative estimate of drug-likeness (QED) is 0.405. The van der Waals surface area contributed by atoms with Crippen LogP contribution in [0.4, 0.5) is 0 Å². The molecule has 0 spiro atoms. The van der Waals surface area contributed by atoms with Gasteiger partial charge in [0.2, 0.25) is 0 Å². The van der Waals surface area contributed by atoms with Crippen LogP contribution in [0.5, 0.6) is 0 Å². The predicted octanol–water partition coefficient (Wildman–Crippen LogP) is 6.80. The Morgan fingerprint density at radius 3 is 2.18 bits per heavy atom. The summed E-state index contributed by atoms with van der Waals surface area (Å²) in [5.41, 5.74) is 6.36. The van der Waals surface area contributed by atoms with E-state index in [9.17, 15) is 0 Å². The van der Waals surface area contributed by atoms with Gasteiger partial charge in [0.25, 0.3) is 0 Å². The highest BCUT2D eigenvalue weighted by atomic mass is 15.3. The fraction of sp³-hybridized carbons (Fsp3) is 0.440. The van der Waals surface area contributed by atoms with Gasteiger partial charge in [-0.2, -0.15) is 0 Å². The third-order valence-corrected chi connectivity index (χ3v) is 5.33. The van der Waals surface area contributed by atoms with Gasteiger partial charge >= 0.3 is 0 Å². The molecule has 3 heteroatoms. The first-order chi connectivity index (χ1) is 13.5. The van der Waals surface area contributed by atoms with Gasteiger partial charge in [0.05, 0.1) is 5.69 Å². The highest BCUT2D eigenvalue weighted by Gasteiger charge is 2.20. The summed E-state index contributed by atoms with van der Waals surface area (Å²) in [4.78, 5) is 0. The maximum atomic E-state index is 4.57. The summed E-state index contributed by atoms with van der Waals surface area (Å²) in [7, 11) is 0. The molecule has 0 atom stereocenters. The molecular weight excluding hydrogens is 342 g/mol. The predicted molar refractivity (Wildman–Crippen MR) is 118 cm³/mol. The Balaban J connectivity index is 2.04. The molecule has 1 heterocycles. The van der Waals surface area contributed by atoms with Crippen LogP contribution >= 0.6 is 0 Å². The summed E-state index contributed by atoms with van der Waals surface area (Å²) in [6.07, 6.45) is 6.36. The van der Waals surface area contributed by atoms with E-state index in [4.69, 9.17) is 0 Å². The molecule has 0 aliphatic carbocycles. The third-order valence-electron chi connectivity index (χ3n) is 5.33. The van der Waals surface area contributed by atoms with Crippen molar-refractivity contribution in [1.82, 2.24) is 14.8 Å². The van der Waals surface area contributed by atoms with Crippen LogP contribution in [-0.2, 0) is 6.42 Å². The molecule has 0 saturated heterocycles. The summed E-state index contributed by atoms with van der Waals surface area (Å²) < 4.78 is 2.27. The average molecular weight is 376 g/mol. The van der Waals surface area contributed by atoms with Gasteiger partial charge in [0, 0.05) is 11.5 Å². The topological polar surface area (TPSA) is 30.7 Å². The molecule has 3 rings (SSSR count). The second-order valence-electron chi connectivity index (χ2n) is 8.13. The highest BCUT2D eigenvalue weighted by molar-refractivity contribution is 5.62. The molecular formula is C25H33N3. The summed E-state index contributed by atoms with van der Waals surface area (Å²) in [6.45, 7) is 11.1. The van der Waals surface area contributed by atoms with Crippen molar-refractivity contribution in [2.75, 3.05) is 0 Å². The van der Waals surface area contributed by atoms with Gasteiger partial charge in [-0.1, -0.05) is 82.5 Å². The fourth-order valence-corrected chi connectivity index (χ4v) is 3.96. The van der Waals surface area contributed by atoms with Crippen LogP contribution in [0.3, 0.4) is 0 Å². The normalized spacial score (nSPS) is 11.4. The molecule has 3 aromatic rings. The molecule has 0 bridgehead atoms. The van der Waals surface area contributed by atoms with E-state index in [0.717, 1.165) is 23.6 Å². The van der Waals surface area contributed by atoms with Crippen molar-refractivity contribution in [2.45, 2.75) is 72.6 Å². The minimum absolute atomic E-state index is 0.303. The van der Waals surface area contributed by atoms with E-state index >= 15 is 0 Å². The van der Waals surface area contributed by atoms with Gasteiger partial charge in [0.1, 0.15) is 5.82 Å². The molecule has 3 nitrogen and oxygen atoms in total. The van der Waals surface area contributed by atoms with Crippen LogP contribution in [-0.4, -0.2) is 14.8 Å². The lowest BCUT2D eigenvalue weighted by Crippen LogP contribution is -2.09. The summed E-state index contributed by atoms with van der Waals surface area (Å²) in [5, 5.41) is 9.13. The van der Waals surface area contributed by atoms with E-state index in [0.29, 0.717) is 5.92 Å². The van der Waals surface area contributed by atoms with Crippen molar-refractivity contribution < 1.29 is 0 Å². The lowest BCUT2D eigenvalue weighted by molar-refractivity contribution is 0.666. The molecule has 148 valence electrons.